The maximum atomic E-state index is 5.12. The molecular weight excluding hydrogens is 749 g/mol. The molecule has 0 aliphatic rings. The molecule has 0 spiro atoms. The van der Waals surface area contributed by atoms with Crippen LogP contribution in [0.2, 0.25) is 0 Å². The molecule has 5 heteroatoms. The fourth-order valence-corrected chi connectivity index (χ4v) is 9.40. The normalized spacial score (nSPS) is 11.3. The molecule has 11 rings (SSSR count). The summed E-state index contributed by atoms with van der Waals surface area (Å²) in [6, 6.07) is 77.1. The first-order valence-corrected chi connectivity index (χ1v) is 20.9. The first kappa shape index (κ1) is 35.4. The number of aromatic nitrogens is 3. The lowest BCUT2D eigenvalue weighted by atomic mass is 9.95. The number of anilines is 3. The Bertz CT molecular complexity index is 3270. The summed E-state index contributed by atoms with van der Waals surface area (Å²) in [5, 5.41) is 4.86. The quantitative estimate of drug-likeness (QED) is 0.154. The van der Waals surface area contributed by atoms with E-state index < -0.39 is 0 Å². The lowest BCUT2D eigenvalue weighted by Gasteiger charge is -2.26. The molecule has 282 valence electrons. The monoisotopic (exact) mass is 784 g/mol. The topological polar surface area (TPSA) is 41.9 Å². The summed E-state index contributed by atoms with van der Waals surface area (Å²) in [6.07, 6.45) is 0. The van der Waals surface area contributed by atoms with Crippen LogP contribution in [-0.4, -0.2) is 15.0 Å². The molecule has 0 radical (unpaired) electrons. The molecule has 0 unspecified atom stereocenters. The number of rotatable bonds is 8. The standard InChI is InChI=1S/C55H36N4S/c1-4-16-37(17-5-1)42-24-14-25-43(34-42)59(44-31-30-38-18-10-11-23-41(38)35-44)45-32-33-49-51(36-45)60-50-29-15-28-47(52(49)50)46-26-12-13-27-48(46)55-57-53(39-19-6-2-7-20-39)56-54(58-55)40-21-8-3-9-22-40/h1-36H. The van der Waals surface area contributed by atoms with E-state index >= 15 is 0 Å². The van der Waals surface area contributed by atoms with Gasteiger partial charge in [0.05, 0.1) is 0 Å². The van der Waals surface area contributed by atoms with Crippen molar-refractivity contribution >= 4 is 59.3 Å². The van der Waals surface area contributed by atoms with Crippen molar-refractivity contribution in [2.24, 2.45) is 0 Å². The van der Waals surface area contributed by atoms with Gasteiger partial charge in [-0.3, -0.25) is 0 Å². The van der Waals surface area contributed by atoms with E-state index in [1.54, 1.807) is 0 Å². The zero-order chi connectivity index (χ0) is 39.8. The lowest BCUT2D eigenvalue weighted by molar-refractivity contribution is 1.07. The molecule has 0 atom stereocenters. The number of hydrogen-bond donors (Lipinski definition) is 0. The van der Waals surface area contributed by atoms with Crippen LogP contribution in [0.25, 0.3) is 87.4 Å². The van der Waals surface area contributed by atoms with Crippen molar-refractivity contribution < 1.29 is 0 Å². The summed E-state index contributed by atoms with van der Waals surface area (Å²) in [5.41, 5.74) is 10.7. The SMILES string of the molecule is c1ccc(-c2cccc(N(c3ccc4ccccc4c3)c3ccc4c(c3)sc3cccc(-c5ccccc5-c5nc(-c6ccccc6)nc(-c6ccccc6)n5)c34)c2)cc1. The second-order valence-electron chi connectivity index (χ2n) is 14.8. The Morgan fingerprint density at radius 1 is 0.317 bits per heavy atom. The summed E-state index contributed by atoms with van der Waals surface area (Å²) in [4.78, 5) is 17.6. The van der Waals surface area contributed by atoms with E-state index in [0.29, 0.717) is 17.5 Å². The molecular formula is C55H36N4S. The number of thiophene rings is 1. The zero-order valence-corrected chi connectivity index (χ0v) is 33.3. The fraction of sp³-hybridized carbons (Fsp3) is 0. The zero-order valence-electron chi connectivity index (χ0n) is 32.5. The Morgan fingerprint density at radius 3 is 1.58 bits per heavy atom. The van der Waals surface area contributed by atoms with Gasteiger partial charge in [-0.05, 0) is 75.5 Å². The van der Waals surface area contributed by atoms with Gasteiger partial charge in [0.25, 0.3) is 0 Å². The van der Waals surface area contributed by atoms with Crippen molar-refractivity contribution in [2.45, 2.75) is 0 Å². The van der Waals surface area contributed by atoms with Crippen LogP contribution in [0.15, 0.2) is 218 Å². The molecule has 4 nitrogen and oxygen atoms in total. The van der Waals surface area contributed by atoms with E-state index in [-0.39, 0.29) is 0 Å². The summed E-state index contributed by atoms with van der Waals surface area (Å²) < 4.78 is 2.44. The van der Waals surface area contributed by atoms with E-state index in [9.17, 15) is 0 Å². The molecule has 0 amide bonds. The van der Waals surface area contributed by atoms with Crippen molar-refractivity contribution in [2.75, 3.05) is 4.90 Å². The van der Waals surface area contributed by atoms with Crippen molar-refractivity contribution in [3.63, 3.8) is 0 Å². The highest BCUT2D eigenvalue weighted by Gasteiger charge is 2.20. The molecule has 9 aromatic carbocycles. The van der Waals surface area contributed by atoms with E-state index in [2.05, 4.69) is 163 Å². The van der Waals surface area contributed by atoms with Crippen LogP contribution in [0, 0.1) is 0 Å². The average molecular weight is 785 g/mol. The van der Waals surface area contributed by atoms with Gasteiger partial charge in [0.1, 0.15) is 0 Å². The molecule has 2 aromatic heterocycles. The largest absolute Gasteiger partial charge is 0.310 e. The van der Waals surface area contributed by atoms with Crippen molar-refractivity contribution in [1.29, 1.82) is 0 Å². The molecule has 0 saturated heterocycles. The Labute approximate surface area is 352 Å². The van der Waals surface area contributed by atoms with Crippen LogP contribution in [0.3, 0.4) is 0 Å². The average Bonchev–Trinajstić information content (AvgIpc) is 3.71. The third kappa shape index (κ3) is 6.57. The van der Waals surface area contributed by atoms with Gasteiger partial charge in [-0.25, -0.2) is 15.0 Å². The first-order chi connectivity index (χ1) is 29.7. The Kier molecular flexibility index (Phi) is 8.99. The van der Waals surface area contributed by atoms with Crippen molar-refractivity contribution in [1.82, 2.24) is 15.0 Å². The molecule has 0 aliphatic carbocycles. The molecule has 60 heavy (non-hydrogen) atoms. The second-order valence-corrected chi connectivity index (χ2v) is 15.9. The van der Waals surface area contributed by atoms with E-state index in [1.807, 2.05) is 72.0 Å². The Hall–Kier alpha value is -7.73. The number of hydrogen-bond acceptors (Lipinski definition) is 5. The Balaban J connectivity index is 1.07. The third-order valence-corrected chi connectivity index (χ3v) is 12.2. The summed E-state index contributed by atoms with van der Waals surface area (Å²) in [5.74, 6) is 1.93. The van der Waals surface area contributed by atoms with Crippen molar-refractivity contribution in [3.05, 3.63) is 218 Å². The number of benzene rings is 9. The van der Waals surface area contributed by atoms with Gasteiger partial charge in [0.15, 0.2) is 17.5 Å². The van der Waals surface area contributed by atoms with Gasteiger partial charge in [0.2, 0.25) is 0 Å². The molecule has 11 aromatic rings. The molecule has 0 bridgehead atoms. The van der Waals surface area contributed by atoms with Crippen LogP contribution < -0.4 is 4.90 Å². The summed E-state index contributed by atoms with van der Waals surface area (Å²) >= 11 is 1.83. The predicted octanol–water partition coefficient (Wildman–Crippen LogP) is 15.2. The van der Waals surface area contributed by atoms with Gasteiger partial charge in [-0.15, -0.1) is 11.3 Å². The van der Waals surface area contributed by atoms with Crippen LogP contribution in [0.1, 0.15) is 0 Å². The highest BCUT2D eigenvalue weighted by atomic mass is 32.1. The minimum atomic E-state index is 0.640. The third-order valence-electron chi connectivity index (χ3n) is 11.1. The molecule has 0 N–H and O–H groups in total. The lowest BCUT2D eigenvalue weighted by Crippen LogP contribution is -2.10. The van der Waals surface area contributed by atoms with E-state index in [1.165, 1.54) is 42.1 Å². The number of fused-ring (bicyclic) bond motifs is 4. The minimum absolute atomic E-state index is 0.640. The molecule has 0 fully saturated rings. The summed E-state index contributed by atoms with van der Waals surface area (Å²) in [6.45, 7) is 0. The Morgan fingerprint density at radius 2 is 0.850 bits per heavy atom. The number of nitrogens with zero attached hydrogens (tertiary/aromatic N) is 4. The second kappa shape index (κ2) is 15.2. The van der Waals surface area contributed by atoms with Gasteiger partial charge in [0, 0.05) is 53.9 Å². The van der Waals surface area contributed by atoms with Crippen LogP contribution in [0.5, 0.6) is 0 Å². The van der Waals surface area contributed by atoms with Crippen molar-refractivity contribution in [3.8, 4) is 56.4 Å². The molecule has 0 saturated carbocycles. The van der Waals surface area contributed by atoms with E-state index in [0.717, 1.165) is 44.9 Å². The van der Waals surface area contributed by atoms with Gasteiger partial charge in [-0.2, -0.15) is 0 Å². The summed E-state index contributed by atoms with van der Waals surface area (Å²) in [7, 11) is 0. The van der Waals surface area contributed by atoms with Crippen LogP contribution >= 0.6 is 11.3 Å². The molecule has 2 heterocycles. The van der Waals surface area contributed by atoms with Gasteiger partial charge >= 0.3 is 0 Å². The van der Waals surface area contributed by atoms with E-state index in [4.69, 9.17) is 15.0 Å². The maximum absolute atomic E-state index is 5.12. The smallest absolute Gasteiger partial charge is 0.164 e. The molecule has 0 aliphatic heterocycles. The highest BCUT2D eigenvalue weighted by Crippen LogP contribution is 2.46. The van der Waals surface area contributed by atoms with Crippen LogP contribution in [-0.2, 0) is 0 Å². The minimum Gasteiger partial charge on any atom is -0.310 e. The highest BCUT2D eigenvalue weighted by molar-refractivity contribution is 7.26. The predicted molar refractivity (Wildman–Crippen MR) is 252 cm³/mol. The van der Waals surface area contributed by atoms with Crippen LogP contribution in [0.4, 0.5) is 17.1 Å². The first-order valence-electron chi connectivity index (χ1n) is 20.1. The van der Waals surface area contributed by atoms with Gasteiger partial charge < -0.3 is 4.90 Å². The van der Waals surface area contributed by atoms with Gasteiger partial charge in [-0.1, -0.05) is 176 Å². The maximum Gasteiger partial charge on any atom is 0.164 e. The fourth-order valence-electron chi connectivity index (χ4n) is 8.24.